The fourth-order valence-electron chi connectivity index (χ4n) is 3.29. The molecule has 3 rings (SSSR count). The maximum absolute atomic E-state index is 13.3. The van der Waals surface area contributed by atoms with Crippen LogP contribution >= 0.6 is 24.0 Å². The Labute approximate surface area is 188 Å². The van der Waals surface area contributed by atoms with Crippen LogP contribution < -0.4 is 11.1 Å². The Balaban J connectivity index is 0.00000300. The molecule has 2 aromatic rings. The van der Waals surface area contributed by atoms with Crippen molar-refractivity contribution in [3.63, 3.8) is 0 Å². The van der Waals surface area contributed by atoms with Gasteiger partial charge >= 0.3 is 0 Å². The van der Waals surface area contributed by atoms with E-state index in [2.05, 4.69) is 15.2 Å². The number of methoxy groups -OCH3 is 1. The molecular formula is C21H28FIN4O2. The Bertz CT molecular complexity index is 783. The van der Waals surface area contributed by atoms with Crippen molar-refractivity contribution in [1.29, 1.82) is 0 Å². The van der Waals surface area contributed by atoms with Crippen molar-refractivity contribution in [2.24, 2.45) is 10.7 Å². The van der Waals surface area contributed by atoms with E-state index >= 15 is 0 Å². The van der Waals surface area contributed by atoms with Crippen LogP contribution in [-0.2, 0) is 16.1 Å². The Morgan fingerprint density at radius 1 is 1.21 bits per heavy atom. The lowest BCUT2D eigenvalue weighted by atomic mass is 10.0. The van der Waals surface area contributed by atoms with Crippen molar-refractivity contribution < 1.29 is 13.9 Å². The largest absolute Gasteiger partial charge is 0.380 e. The predicted molar refractivity (Wildman–Crippen MR) is 124 cm³/mol. The average Bonchev–Trinajstić information content (AvgIpc) is 2.72. The quantitative estimate of drug-likeness (QED) is 0.337. The summed E-state index contributed by atoms with van der Waals surface area (Å²) in [6.45, 7) is 3.93. The average molecular weight is 514 g/mol. The molecule has 1 atom stereocenters. The van der Waals surface area contributed by atoms with Gasteiger partial charge in [-0.1, -0.05) is 30.3 Å². The molecule has 0 bridgehead atoms. The third-order valence-electron chi connectivity index (χ3n) is 4.76. The van der Waals surface area contributed by atoms with Gasteiger partial charge in [-0.3, -0.25) is 9.89 Å². The van der Waals surface area contributed by atoms with E-state index in [1.165, 1.54) is 12.1 Å². The third-order valence-corrected chi connectivity index (χ3v) is 4.76. The van der Waals surface area contributed by atoms with E-state index in [9.17, 15) is 4.39 Å². The number of anilines is 1. The lowest BCUT2D eigenvalue weighted by Gasteiger charge is -2.34. The SMILES string of the molecule is COCc1ccccc1NC(N)=NCC(c1ccc(F)cc1)N1CCOCC1.I. The summed E-state index contributed by atoms with van der Waals surface area (Å²) in [7, 11) is 1.66. The van der Waals surface area contributed by atoms with Crippen molar-refractivity contribution in [2.45, 2.75) is 12.6 Å². The lowest BCUT2D eigenvalue weighted by molar-refractivity contribution is 0.0180. The Morgan fingerprint density at radius 2 is 1.90 bits per heavy atom. The first-order valence-corrected chi connectivity index (χ1v) is 9.38. The first-order valence-electron chi connectivity index (χ1n) is 9.38. The van der Waals surface area contributed by atoms with Gasteiger partial charge in [0.2, 0.25) is 0 Å². The molecule has 0 amide bonds. The molecule has 158 valence electrons. The number of ether oxygens (including phenoxy) is 2. The van der Waals surface area contributed by atoms with Crippen molar-refractivity contribution in [3.8, 4) is 0 Å². The maximum atomic E-state index is 13.3. The fourth-order valence-corrected chi connectivity index (χ4v) is 3.29. The number of hydrogen-bond acceptors (Lipinski definition) is 4. The van der Waals surface area contributed by atoms with Crippen molar-refractivity contribution >= 4 is 35.6 Å². The smallest absolute Gasteiger partial charge is 0.193 e. The minimum atomic E-state index is -0.246. The third kappa shape index (κ3) is 6.91. The summed E-state index contributed by atoms with van der Waals surface area (Å²) < 4.78 is 24.0. The van der Waals surface area contributed by atoms with E-state index < -0.39 is 0 Å². The molecule has 0 aromatic heterocycles. The number of benzene rings is 2. The van der Waals surface area contributed by atoms with Gasteiger partial charge in [0.15, 0.2) is 5.96 Å². The molecule has 0 aliphatic carbocycles. The summed E-state index contributed by atoms with van der Waals surface area (Å²) in [5.74, 6) is 0.0906. The van der Waals surface area contributed by atoms with Gasteiger partial charge in [-0.15, -0.1) is 24.0 Å². The molecular weight excluding hydrogens is 486 g/mol. The molecule has 1 unspecified atom stereocenters. The number of rotatable bonds is 7. The minimum Gasteiger partial charge on any atom is -0.380 e. The van der Waals surface area contributed by atoms with Crippen molar-refractivity contribution in [1.82, 2.24) is 4.90 Å². The number of para-hydroxylation sites is 1. The number of nitrogens with zero attached hydrogens (tertiary/aromatic N) is 2. The molecule has 0 radical (unpaired) electrons. The van der Waals surface area contributed by atoms with Crippen LogP contribution in [0.3, 0.4) is 0 Å². The predicted octanol–water partition coefficient (Wildman–Crippen LogP) is 3.39. The summed E-state index contributed by atoms with van der Waals surface area (Å²) in [4.78, 5) is 6.86. The second kappa shape index (κ2) is 12.1. The number of halogens is 2. The standard InChI is InChI=1S/C21H27FN4O2.HI/c1-27-15-17-4-2-3-5-19(17)25-21(23)24-14-20(26-10-12-28-13-11-26)16-6-8-18(22)9-7-16;/h2-9,20H,10-15H2,1H3,(H3,23,24,25);1H. The highest BCUT2D eigenvalue weighted by molar-refractivity contribution is 14.0. The molecule has 8 heteroatoms. The van der Waals surface area contributed by atoms with Gasteiger partial charge in [-0.2, -0.15) is 0 Å². The fraction of sp³-hybridized carbons (Fsp3) is 0.381. The van der Waals surface area contributed by atoms with Crippen LogP contribution in [0.25, 0.3) is 0 Å². The topological polar surface area (TPSA) is 72.1 Å². The van der Waals surface area contributed by atoms with Gasteiger partial charge in [0.25, 0.3) is 0 Å². The first kappa shape index (κ1) is 23.5. The second-order valence-electron chi connectivity index (χ2n) is 6.66. The highest BCUT2D eigenvalue weighted by Crippen LogP contribution is 2.23. The summed E-state index contributed by atoms with van der Waals surface area (Å²) in [5, 5.41) is 3.16. The molecule has 1 aliphatic rings. The molecule has 0 spiro atoms. The van der Waals surface area contributed by atoms with Gasteiger partial charge < -0.3 is 20.5 Å². The highest BCUT2D eigenvalue weighted by Gasteiger charge is 2.22. The monoisotopic (exact) mass is 514 g/mol. The van der Waals surface area contributed by atoms with E-state index in [1.807, 2.05) is 36.4 Å². The molecule has 29 heavy (non-hydrogen) atoms. The van der Waals surface area contributed by atoms with Gasteiger partial charge in [0.05, 0.1) is 32.4 Å². The molecule has 6 nitrogen and oxygen atoms in total. The molecule has 1 aliphatic heterocycles. The molecule has 1 heterocycles. The van der Waals surface area contributed by atoms with Gasteiger partial charge in [0.1, 0.15) is 5.82 Å². The summed E-state index contributed by atoms with van der Waals surface area (Å²) in [5.41, 5.74) is 9.04. The first-order chi connectivity index (χ1) is 13.7. The van der Waals surface area contributed by atoms with Crippen LogP contribution in [0.5, 0.6) is 0 Å². The molecule has 0 saturated carbocycles. The van der Waals surface area contributed by atoms with Crippen molar-refractivity contribution in [3.05, 3.63) is 65.5 Å². The van der Waals surface area contributed by atoms with E-state index in [1.54, 1.807) is 7.11 Å². The summed E-state index contributed by atoms with van der Waals surface area (Å²) in [6.07, 6.45) is 0. The van der Waals surface area contributed by atoms with E-state index in [4.69, 9.17) is 15.2 Å². The van der Waals surface area contributed by atoms with Crippen LogP contribution in [0.1, 0.15) is 17.2 Å². The van der Waals surface area contributed by atoms with E-state index in [0.717, 1.165) is 29.9 Å². The maximum Gasteiger partial charge on any atom is 0.193 e. The molecule has 3 N–H and O–H groups in total. The summed E-state index contributed by atoms with van der Waals surface area (Å²) in [6, 6.07) is 14.4. The van der Waals surface area contributed by atoms with E-state index in [0.29, 0.717) is 32.3 Å². The number of nitrogens with one attached hydrogen (secondary N) is 1. The van der Waals surface area contributed by atoms with Crippen LogP contribution in [0, 0.1) is 5.82 Å². The number of morpholine rings is 1. The van der Waals surface area contributed by atoms with Gasteiger partial charge in [-0.05, 0) is 23.8 Å². The normalized spacial score (nSPS) is 16.1. The number of hydrogen-bond donors (Lipinski definition) is 2. The Hall–Kier alpha value is -1.75. The van der Waals surface area contributed by atoms with Crippen LogP contribution in [-0.4, -0.2) is 50.8 Å². The highest BCUT2D eigenvalue weighted by atomic mass is 127. The second-order valence-corrected chi connectivity index (χ2v) is 6.66. The summed E-state index contributed by atoms with van der Waals surface area (Å²) >= 11 is 0. The van der Waals surface area contributed by atoms with Gasteiger partial charge in [0, 0.05) is 31.5 Å². The Kier molecular flexibility index (Phi) is 9.79. The van der Waals surface area contributed by atoms with Crippen LogP contribution in [0.4, 0.5) is 10.1 Å². The zero-order valence-corrected chi connectivity index (χ0v) is 18.8. The number of guanidine groups is 1. The van der Waals surface area contributed by atoms with Crippen molar-refractivity contribution in [2.75, 3.05) is 45.3 Å². The zero-order valence-electron chi connectivity index (χ0n) is 16.5. The lowest BCUT2D eigenvalue weighted by Crippen LogP contribution is -2.40. The number of nitrogens with two attached hydrogens (primary N) is 1. The van der Waals surface area contributed by atoms with Gasteiger partial charge in [-0.25, -0.2) is 4.39 Å². The minimum absolute atomic E-state index is 0. The van der Waals surface area contributed by atoms with Crippen LogP contribution in [0.2, 0.25) is 0 Å². The zero-order chi connectivity index (χ0) is 19.8. The molecule has 1 saturated heterocycles. The molecule has 2 aromatic carbocycles. The van der Waals surface area contributed by atoms with E-state index in [-0.39, 0.29) is 35.8 Å². The van der Waals surface area contributed by atoms with Crippen LogP contribution in [0.15, 0.2) is 53.5 Å². The molecule has 1 fully saturated rings. The number of aliphatic imine (C=N–C) groups is 1. The Morgan fingerprint density at radius 3 is 2.59 bits per heavy atom.